The number of carbonyl (C=O) groups is 2. The smallest absolute Gasteiger partial charge is 0.305 e. The molecule has 0 saturated carbocycles. The number of benzene rings is 2. The molecule has 0 spiro atoms. The molecule has 2 aromatic carbocycles. The molecule has 148 valence electrons. The van der Waals surface area contributed by atoms with Crippen LogP contribution in [0.5, 0.6) is 0 Å². The van der Waals surface area contributed by atoms with Crippen LogP contribution in [0.1, 0.15) is 37.4 Å². The second kappa shape index (κ2) is 7.73. The molecule has 0 bridgehead atoms. The topological polar surface area (TPSA) is 104 Å². The Labute approximate surface area is 164 Å². The molecule has 28 heavy (non-hydrogen) atoms. The summed E-state index contributed by atoms with van der Waals surface area (Å²) in [5.74, 6) is -1.19. The maximum atomic E-state index is 12.9. The normalized spacial score (nSPS) is 17.2. The van der Waals surface area contributed by atoms with Crippen LogP contribution < -0.4 is 9.62 Å². The van der Waals surface area contributed by atoms with Crippen molar-refractivity contribution in [3.05, 3.63) is 59.7 Å². The Morgan fingerprint density at radius 1 is 1.21 bits per heavy atom. The minimum absolute atomic E-state index is 0.0394. The molecule has 0 unspecified atom stereocenters. The summed E-state index contributed by atoms with van der Waals surface area (Å²) in [7, 11) is -3.95. The zero-order chi connectivity index (χ0) is 20.5. The van der Waals surface area contributed by atoms with Gasteiger partial charge in [0.15, 0.2) is 0 Å². The van der Waals surface area contributed by atoms with E-state index < -0.39 is 22.0 Å². The molecule has 2 aromatic rings. The quantitative estimate of drug-likeness (QED) is 0.773. The fourth-order valence-corrected chi connectivity index (χ4v) is 4.87. The average Bonchev–Trinajstić information content (AvgIpc) is 2.96. The number of carbonyl (C=O) groups excluding carboxylic acids is 1. The number of anilines is 1. The third kappa shape index (κ3) is 4.07. The lowest BCUT2D eigenvalue weighted by Gasteiger charge is -2.21. The van der Waals surface area contributed by atoms with Gasteiger partial charge >= 0.3 is 5.97 Å². The van der Waals surface area contributed by atoms with Gasteiger partial charge in [-0.15, -0.1) is 0 Å². The van der Waals surface area contributed by atoms with E-state index in [4.69, 9.17) is 0 Å². The fourth-order valence-electron chi connectivity index (χ4n) is 3.60. The highest BCUT2D eigenvalue weighted by molar-refractivity contribution is 7.89. The van der Waals surface area contributed by atoms with Gasteiger partial charge in [0.2, 0.25) is 15.9 Å². The molecule has 1 amide bonds. The summed E-state index contributed by atoms with van der Waals surface area (Å²) in [5, 5.41) is 9.18. The number of carboxylic acid groups (broad SMARTS) is 1. The van der Waals surface area contributed by atoms with Crippen LogP contribution in [0.3, 0.4) is 0 Å². The molecular formula is C20H22N2O5S. The third-order valence-electron chi connectivity index (χ3n) is 4.79. The van der Waals surface area contributed by atoms with Gasteiger partial charge < -0.3 is 10.0 Å². The first-order valence-electron chi connectivity index (χ1n) is 8.91. The summed E-state index contributed by atoms with van der Waals surface area (Å²) >= 11 is 0. The van der Waals surface area contributed by atoms with Crippen LogP contribution in [-0.4, -0.2) is 31.4 Å². The first-order chi connectivity index (χ1) is 13.2. The zero-order valence-electron chi connectivity index (χ0n) is 15.6. The van der Waals surface area contributed by atoms with Gasteiger partial charge in [0, 0.05) is 18.7 Å². The van der Waals surface area contributed by atoms with Gasteiger partial charge in [-0.3, -0.25) is 9.59 Å². The molecule has 0 aromatic heterocycles. The molecule has 0 aliphatic carbocycles. The van der Waals surface area contributed by atoms with Crippen LogP contribution in [0, 0.1) is 0 Å². The number of hydrogen-bond acceptors (Lipinski definition) is 4. The second-order valence-electron chi connectivity index (χ2n) is 6.92. The maximum absolute atomic E-state index is 12.9. The SMILES string of the molecule is CC(=O)N1c2ccc(S(=O)(=O)N[C@@H](CC(=O)O)c3ccccc3)cc2C[C@@H]1C. The van der Waals surface area contributed by atoms with E-state index in [1.807, 2.05) is 6.92 Å². The summed E-state index contributed by atoms with van der Waals surface area (Å²) in [4.78, 5) is 24.8. The molecule has 1 aliphatic rings. The van der Waals surface area contributed by atoms with Crippen molar-refractivity contribution in [3.8, 4) is 0 Å². The number of sulfonamides is 1. The van der Waals surface area contributed by atoms with Crippen molar-refractivity contribution >= 4 is 27.6 Å². The monoisotopic (exact) mass is 402 g/mol. The highest BCUT2D eigenvalue weighted by atomic mass is 32.2. The Morgan fingerprint density at radius 3 is 2.50 bits per heavy atom. The summed E-state index contributed by atoms with van der Waals surface area (Å²) in [5.41, 5.74) is 2.06. The van der Waals surface area contributed by atoms with Crippen molar-refractivity contribution in [2.75, 3.05) is 4.90 Å². The third-order valence-corrected chi connectivity index (χ3v) is 6.26. The summed E-state index contributed by atoms with van der Waals surface area (Å²) in [6, 6.07) is 12.3. The van der Waals surface area contributed by atoms with Gasteiger partial charge in [0.25, 0.3) is 0 Å². The number of fused-ring (bicyclic) bond motifs is 1. The molecular weight excluding hydrogens is 380 g/mol. The molecule has 7 nitrogen and oxygen atoms in total. The number of hydrogen-bond donors (Lipinski definition) is 2. The number of amides is 1. The first-order valence-corrected chi connectivity index (χ1v) is 10.4. The Kier molecular flexibility index (Phi) is 5.53. The van der Waals surface area contributed by atoms with Gasteiger partial charge in [-0.05, 0) is 42.7 Å². The van der Waals surface area contributed by atoms with E-state index in [1.165, 1.54) is 13.0 Å². The van der Waals surface area contributed by atoms with E-state index >= 15 is 0 Å². The average molecular weight is 402 g/mol. The molecule has 0 saturated heterocycles. The van der Waals surface area contributed by atoms with Crippen molar-refractivity contribution in [1.29, 1.82) is 0 Å². The fraction of sp³-hybridized carbons (Fsp3) is 0.300. The van der Waals surface area contributed by atoms with Crippen LogP contribution in [0.25, 0.3) is 0 Å². The van der Waals surface area contributed by atoms with Gasteiger partial charge in [-0.2, -0.15) is 0 Å². The Morgan fingerprint density at radius 2 is 1.89 bits per heavy atom. The van der Waals surface area contributed by atoms with Gasteiger partial charge in [-0.1, -0.05) is 30.3 Å². The van der Waals surface area contributed by atoms with Crippen molar-refractivity contribution in [1.82, 2.24) is 4.72 Å². The Hall–Kier alpha value is -2.71. The van der Waals surface area contributed by atoms with Crippen LogP contribution in [0.4, 0.5) is 5.69 Å². The van der Waals surface area contributed by atoms with E-state index in [2.05, 4.69) is 4.72 Å². The number of carboxylic acids is 1. The second-order valence-corrected chi connectivity index (χ2v) is 8.63. The largest absolute Gasteiger partial charge is 0.481 e. The number of nitrogens with zero attached hydrogens (tertiary/aromatic N) is 1. The molecule has 2 atom stereocenters. The Balaban J connectivity index is 1.91. The van der Waals surface area contributed by atoms with E-state index in [0.29, 0.717) is 17.7 Å². The van der Waals surface area contributed by atoms with E-state index in [0.717, 1.165) is 5.56 Å². The minimum Gasteiger partial charge on any atom is -0.481 e. The van der Waals surface area contributed by atoms with Gasteiger partial charge in [-0.25, -0.2) is 13.1 Å². The number of nitrogens with one attached hydrogen (secondary N) is 1. The summed E-state index contributed by atoms with van der Waals surface area (Å²) < 4.78 is 28.3. The van der Waals surface area contributed by atoms with E-state index in [1.54, 1.807) is 47.4 Å². The maximum Gasteiger partial charge on any atom is 0.305 e. The van der Waals surface area contributed by atoms with Crippen LogP contribution >= 0.6 is 0 Å². The van der Waals surface area contributed by atoms with Crippen molar-refractivity contribution in [2.45, 2.75) is 43.7 Å². The molecule has 2 N–H and O–H groups in total. The first kappa shape index (κ1) is 20.0. The molecule has 0 radical (unpaired) electrons. The lowest BCUT2D eigenvalue weighted by molar-refractivity contribution is -0.137. The summed E-state index contributed by atoms with van der Waals surface area (Å²) in [6.07, 6.45) is 0.193. The minimum atomic E-state index is -3.95. The number of aliphatic carboxylic acids is 1. The molecule has 8 heteroatoms. The lowest BCUT2D eigenvalue weighted by Crippen LogP contribution is -2.33. The molecule has 1 aliphatic heterocycles. The number of rotatable bonds is 6. The molecule has 0 fully saturated rings. The highest BCUT2D eigenvalue weighted by Crippen LogP contribution is 2.34. The predicted molar refractivity (Wildman–Crippen MR) is 105 cm³/mol. The van der Waals surface area contributed by atoms with Gasteiger partial charge in [0.05, 0.1) is 17.4 Å². The summed E-state index contributed by atoms with van der Waals surface area (Å²) in [6.45, 7) is 3.39. The van der Waals surface area contributed by atoms with Gasteiger partial charge in [0.1, 0.15) is 0 Å². The van der Waals surface area contributed by atoms with Crippen LogP contribution in [-0.2, 0) is 26.0 Å². The molecule has 3 rings (SSSR count). The lowest BCUT2D eigenvalue weighted by atomic mass is 10.1. The molecule has 1 heterocycles. The Bertz CT molecular complexity index is 1000. The van der Waals surface area contributed by atoms with Crippen LogP contribution in [0.2, 0.25) is 0 Å². The standard InChI is InChI=1S/C20H22N2O5S/c1-13-10-16-11-17(8-9-19(16)22(13)14(2)23)28(26,27)21-18(12-20(24)25)15-6-4-3-5-7-15/h3-9,11,13,18,21H,10,12H2,1-2H3,(H,24,25)/t13-,18-/m0/s1. The van der Waals surface area contributed by atoms with Crippen molar-refractivity contribution in [3.63, 3.8) is 0 Å². The van der Waals surface area contributed by atoms with E-state index in [9.17, 15) is 23.1 Å². The van der Waals surface area contributed by atoms with E-state index in [-0.39, 0.29) is 23.3 Å². The van der Waals surface area contributed by atoms with Crippen molar-refractivity contribution < 1.29 is 23.1 Å². The zero-order valence-corrected chi connectivity index (χ0v) is 16.4. The van der Waals surface area contributed by atoms with Crippen LogP contribution in [0.15, 0.2) is 53.4 Å². The predicted octanol–water partition coefficient (Wildman–Crippen LogP) is 2.48. The van der Waals surface area contributed by atoms with Crippen molar-refractivity contribution in [2.24, 2.45) is 0 Å². The highest BCUT2D eigenvalue weighted by Gasteiger charge is 2.31.